The number of hydrogen-bond donors (Lipinski definition) is 0. The van der Waals surface area contributed by atoms with Crippen LogP contribution in [0.15, 0.2) is 34.9 Å². The Bertz CT molecular complexity index is 942. The Kier molecular flexibility index (Phi) is 6.59. The maximum Gasteiger partial charge on any atom is 0.257 e. The maximum atomic E-state index is 6.10. The van der Waals surface area contributed by atoms with Gasteiger partial charge in [0.25, 0.3) is 5.89 Å². The van der Waals surface area contributed by atoms with Gasteiger partial charge in [0.2, 0.25) is 0 Å². The average Bonchev–Trinajstić information content (AvgIpc) is 3.35. The summed E-state index contributed by atoms with van der Waals surface area (Å²) in [5.41, 5.74) is 4.77. The van der Waals surface area contributed by atoms with Gasteiger partial charge in [0.15, 0.2) is 5.82 Å². The minimum absolute atomic E-state index is 0.308. The Morgan fingerprint density at radius 2 is 1.90 bits per heavy atom. The van der Waals surface area contributed by atoms with Crippen LogP contribution < -0.4 is 0 Å². The van der Waals surface area contributed by atoms with E-state index in [1.165, 1.54) is 11.3 Å². The zero-order chi connectivity index (χ0) is 20.9. The average molecular weight is 410 g/mol. The summed E-state index contributed by atoms with van der Waals surface area (Å²) in [4.78, 5) is 6.99. The Balaban J connectivity index is 1.20. The van der Waals surface area contributed by atoms with E-state index in [9.17, 15) is 0 Å². The van der Waals surface area contributed by atoms with Crippen LogP contribution in [0.1, 0.15) is 42.5 Å². The summed E-state index contributed by atoms with van der Waals surface area (Å²) in [7, 11) is 0. The molecular formula is C23H31N5O2. The molecule has 0 atom stereocenters. The van der Waals surface area contributed by atoms with Gasteiger partial charge in [-0.15, -0.1) is 0 Å². The molecule has 0 amide bonds. The van der Waals surface area contributed by atoms with Gasteiger partial charge in [-0.1, -0.05) is 23.4 Å². The summed E-state index contributed by atoms with van der Waals surface area (Å²) in [5, 5.41) is 8.72. The van der Waals surface area contributed by atoms with Crippen molar-refractivity contribution in [3.05, 3.63) is 53.1 Å². The standard InChI is InChI=1S/C23H31N5O2/c1-4-28-18(3)21(17(2)25-28)16-27-13-10-20(11-14-27)29-15-12-22-24-23(30-26-22)19-8-6-5-7-9-19/h5-9,20H,4,10-16H2,1-3H3. The number of benzene rings is 1. The highest BCUT2D eigenvalue weighted by molar-refractivity contribution is 5.51. The molecular weight excluding hydrogens is 378 g/mol. The number of piperidine rings is 1. The maximum absolute atomic E-state index is 6.10. The van der Waals surface area contributed by atoms with Crippen LogP contribution in [0.5, 0.6) is 0 Å². The first-order valence-corrected chi connectivity index (χ1v) is 10.9. The van der Waals surface area contributed by atoms with E-state index in [-0.39, 0.29) is 0 Å². The molecule has 0 radical (unpaired) electrons. The number of likely N-dealkylation sites (tertiary alicyclic amines) is 1. The molecule has 0 spiro atoms. The summed E-state index contributed by atoms with van der Waals surface area (Å²) in [5.74, 6) is 1.26. The van der Waals surface area contributed by atoms with Gasteiger partial charge in [-0.05, 0) is 45.7 Å². The molecule has 0 bridgehead atoms. The van der Waals surface area contributed by atoms with E-state index in [4.69, 9.17) is 9.26 Å². The fourth-order valence-electron chi connectivity index (χ4n) is 4.10. The number of nitrogens with zero attached hydrogens (tertiary/aromatic N) is 5. The van der Waals surface area contributed by atoms with Gasteiger partial charge in [0, 0.05) is 49.4 Å². The van der Waals surface area contributed by atoms with E-state index >= 15 is 0 Å². The summed E-state index contributed by atoms with van der Waals surface area (Å²) in [6.07, 6.45) is 3.09. The summed E-state index contributed by atoms with van der Waals surface area (Å²) < 4.78 is 13.6. The lowest BCUT2D eigenvalue weighted by Gasteiger charge is -2.32. The molecule has 1 saturated heterocycles. The van der Waals surface area contributed by atoms with Crippen LogP contribution in [0, 0.1) is 13.8 Å². The van der Waals surface area contributed by atoms with Gasteiger partial charge in [0.1, 0.15) is 0 Å². The Hall–Kier alpha value is -2.51. The lowest BCUT2D eigenvalue weighted by Crippen LogP contribution is -2.37. The molecule has 7 heteroatoms. The van der Waals surface area contributed by atoms with Gasteiger partial charge in [0.05, 0.1) is 18.4 Å². The zero-order valence-electron chi connectivity index (χ0n) is 18.2. The predicted molar refractivity (Wildman–Crippen MR) is 115 cm³/mol. The summed E-state index contributed by atoms with van der Waals surface area (Å²) in [6, 6.07) is 9.84. The minimum Gasteiger partial charge on any atom is -0.378 e. The smallest absolute Gasteiger partial charge is 0.257 e. The monoisotopic (exact) mass is 409 g/mol. The molecule has 1 aromatic carbocycles. The minimum atomic E-state index is 0.308. The molecule has 0 aliphatic carbocycles. The molecule has 4 rings (SSSR count). The molecule has 0 unspecified atom stereocenters. The topological polar surface area (TPSA) is 69.2 Å². The molecule has 3 aromatic rings. The molecule has 0 N–H and O–H groups in total. The van der Waals surface area contributed by atoms with Gasteiger partial charge in [-0.25, -0.2) is 0 Å². The number of hydrogen-bond acceptors (Lipinski definition) is 6. The van der Waals surface area contributed by atoms with Crippen LogP contribution in [0.25, 0.3) is 11.5 Å². The van der Waals surface area contributed by atoms with Crippen LogP contribution in [-0.2, 0) is 24.2 Å². The van der Waals surface area contributed by atoms with Crippen molar-refractivity contribution in [2.45, 2.75) is 59.2 Å². The van der Waals surface area contributed by atoms with Crippen LogP contribution in [-0.4, -0.2) is 50.6 Å². The molecule has 2 aromatic heterocycles. The molecule has 1 aliphatic rings. The van der Waals surface area contributed by atoms with Crippen molar-refractivity contribution < 1.29 is 9.26 Å². The number of ether oxygens (including phenoxy) is 1. The van der Waals surface area contributed by atoms with Crippen LogP contribution in [0.4, 0.5) is 0 Å². The molecule has 1 aliphatic heterocycles. The second-order valence-electron chi connectivity index (χ2n) is 7.94. The third-order valence-corrected chi connectivity index (χ3v) is 5.92. The van der Waals surface area contributed by atoms with Crippen molar-refractivity contribution >= 4 is 0 Å². The van der Waals surface area contributed by atoms with E-state index in [1.54, 1.807) is 0 Å². The Morgan fingerprint density at radius 1 is 1.13 bits per heavy atom. The quantitative estimate of drug-likeness (QED) is 0.564. The van der Waals surface area contributed by atoms with E-state index in [2.05, 4.69) is 45.6 Å². The van der Waals surface area contributed by atoms with Crippen LogP contribution >= 0.6 is 0 Å². The van der Waals surface area contributed by atoms with Gasteiger partial charge >= 0.3 is 0 Å². The predicted octanol–water partition coefficient (Wildman–Crippen LogP) is 3.79. The van der Waals surface area contributed by atoms with E-state index in [0.717, 1.165) is 50.3 Å². The molecule has 3 heterocycles. The molecule has 160 valence electrons. The molecule has 7 nitrogen and oxygen atoms in total. The first kappa shape index (κ1) is 20.8. The Morgan fingerprint density at radius 3 is 2.60 bits per heavy atom. The van der Waals surface area contributed by atoms with Crippen LogP contribution in [0.2, 0.25) is 0 Å². The molecule has 1 fully saturated rings. The van der Waals surface area contributed by atoms with Gasteiger partial charge in [-0.2, -0.15) is 10.1 Å². The lowest BCUT2D eigenvalue weighted by atomic mass is 10.1. The van der Waals surface area contributed by atoms with Gasteiger partial charge in [-0.3, -0.25) is 9.58 Å². The first-order valence-electron chi connectivity index (χ1n) is 10.9. The highest BCUT2D eigenvalue weighted by atomic mass is 16.5. The largest absolute Gasteiger partial charge is 0.378 e. The second kappa shape index (κ2) is 9.53. The van der Waals surface area contributed by atoms with Crippen molar-refractivity contribution in [1.82, 2.24) is 24.8 Å². The van der Waals surface area contributed by atoms with Crippen molar-refractivity contribution in [2.75, 3.05) is 19.7 Å². The highest BCUT2D eigenvalue weighted by Gasteiger charge is 2.22. The molecule has 30 heavy (non-hydrogen) atoms. The SMILES string of the molecule is CCn1nc(C)c(CN2CCC(OCCc3noc(-c4ccccc4)n3)CC2)c1C. The molecule has 0 saturated carbocycles. The first-order chi connectivity index (χ1) is 14.6. The fraction of sp³-hybridized carbons (Fsp3) is 0.522. The van der Waals surface area contributed by atoms with E-state index in [0.29, 0.717) is 30.8 Å². The van der Waals surface area contributed by atoms with Crippen LogP contribution in [0.3, 0.4) is 0 Å². The lowest BCUT2D eigenvalue weighted by molar-refractivity contribution is 0.00670. The normalized spacial score (nSPS) is 15.7. The van der Waals surface area contributed by atoms with Crippen molar-refractivity contribution in [2.24, 2.45) is 0 Å². The van der Waals surface area contributed by atoms with E-state index < -0.39 is 0 Å². The fourth-order valence-corrected chi connectivity index (χ4v) is 4.10. The zero-order valence-corrected chi connectivity index (χ0v) is 18.2. The third kappa shape index (κ3) is 4.79. The van der Waals surface area contributed by atoms with E-state index in [1.807, 2.05) is 30.3 Å². The third-order valence-electron chi connectivity index (χ3n) is 5.92. The number of aryl methyl sites for hydroxylation is 2. The number of aromatic nitrogens is 4. The second-order valence-corrected chi connectivity index (χ2v) is 7.94. The Labute approximate surface area is 178 Å². The summed E-state index contributed by atoms with van der Waals surface area (Å²) >= 11 is 0. The highest BCUT2D eigenvalue weighted by Crippen LogP contribution is 2.21. The summed E-state index contributed by atoms with van der Waals surface area (Å²) in [6.45, 7) is 11.1. The van der Waals surface area contributed by atoms with Crippen molar-refractivity contribution in [1.29, 1.82) is 0 Å². The van der Waals surface area contributed by atoms with Crippen molar-refractivity contribution in [3.8, 4) is 11.5 Å². The number of rotatable bonds is 8. The van der Waals surface area contributed by atoms with Gasteiger partial charge < -0.3 is 9.26 Å². The van der Waals surface area contributed by atoms with Crippen molar-refractivity contribution in [3.63, 3.8) is 0 Å².